The van der Waals surface area contributed by atoms with E-state index in [0.717, 1.165) is 12.1 Å². The van der Waals surface area contributed by atoms with E-state index >= 15 is 0 Å². The third kappa shape index (κ3) is 3.60. The van der Waals surface area contributed by atoms with E-state index in [1.54, 1.807) is 24.3 Å². The molecule has 3 aromatic rings. The van der Waals surface area contributed by atoms with Gasteiger partial charge in [0.05, 0.1) is 0 Å². The van der Waals surface area contributed by atoms with E-state index < -0.39 is 0 Å². The van der Waals surface area contributed by atoms with Gasteiger partial charge in [0.15, 0.2) is 12.4 Å². The van der Waals surface area contributed by atoms with Crippen molar-refractivity contribution in [2.75, 3.05) is 11.9 Å². The molecule has 0 aliphatic heterocycles. The first kappa shape index (κ1) is 17.0. The molecule has 0 spiro atoms. The van der Waals surface area contributed by atoms with Crippen molar-refractivity contribution >= 4 is 17.4 Å². The van der Waals surface area contributed by atoms with Gasteiger partial charge in [-0.05, 0) is 72.0 Å². The van der Waals surface area contributed by atoms with Gasteiger partial charge in [-0.25, -0.2) is 0 Å². The number of hydrogen-bond donors (Lipinski definition) is 1. The molecular formula is C23H19NO3. The summed E-state index contributed by atoms with van der Waals surface area (Å²) in [5, 5.41) is 2.88. The first-order valence-electron chi connectivity index (χ1n) is 8.85. The number of fused-ring (bicyclic) bond motifs is 3. The molecule has 0 aromatic heterocycles. The lowest BCUT2D eigenvalue weighted by Crippen LogP contribution is -2.20. The zero-order chi connectivity index (χ0) is 18.8. The average molecular weight is 357 g/mol. The number of nitrogens with one attached hydrogen (secondary N) is 1. The largest absolute Gasteiger partial charge is 0.484 e. The first-order chi connectivity index (χ1) is 13.1. The number of benzene rings is 3. The number of Topliss-reactive ketones (excluding diaryl/α,β-unsaturated/α-hetero) is 1. The molecular weight excluding hydrogens is 338 g/mol. The Bertz CT molecular complexity index is 1020. The Hall–Kier alpha value is -3.40. The highest BCUT2D eigenvalue weighted by molar-refractivity contribution is 5.94. The summed E-state index contributed by atoms with van der Waals surface area (Å²) < 4.78 is 5.49. The van der Waals surface area contributed by atoms with Crippen LogP contribution in [-0.4, -0.2) is 18.3 Å². The van der Waals surface area contributed by atoms with E-state index in [-0.39, 0.29) is 18.3 Å². The van der Waals surface area contributed by atoms with E-state index in [0.29, 0.717) is 11.3 Å². The fourth-order valence-corrected chi connectivity index (χ4v) is 3.35. The summed E-state index contributed by atoms with van der Waals surface area (Å²) in [7, 11) is 0. The third-order valence-corrected chi connectivity index (χ3v) is 4.71. The second-order valence-electron chi connectivity index (χ2n) is 6.62. The van der Waals surface area contributed by atoms with Crippen molar-refractivity contribution in [1.82, 2.24) is 0 Å². The van der Waals surface area contributed by atoms with Gasteiger partial charge >= 0.3 is 0 Å². The minimum Gasteiger partial charge on any atom is -0.484 e. The van der Waals surface area contributed by atoms with Gasteiger partial charge in [0, 0.05) is 11.3 Å². The summed E-state index contributed by atoms with van der Waals surface area (Å²) in [6.45, 7) is 1.43. The molecule has 0 heterocycles. The fraction of sp³-hybridized carbons (Fsp3) is 0.130. The van der Waals surface area contributed by atoms with Gasteiger partial charge in [-0.2, -0.15) is 0 Å². The Morgan fingerprint density at radius 3 is 2.44 bits per heavy atom. The lowest BCUT2D eigenvalue weighted by atomic mass is 10.1. The zero-order valence-corrected chi connectivity index (χ0v) is 15.0. The van der Waals surface area contributed by atoms with Crippen LogP contribution in [0.15, 0.2) is 66.7 Å². The van der Waals surface area contributed by atoms with Crippen LogP contribution in [0.3, 0.4) is 0 Å². The van der Waals surface area contributed by atoms with Crippen LogP contribution in [0.4, 0.5) is 5.69 Å². The number of ether oxygens (including phenoxy) is 1. The van der Waals surface area contributed by atoms with Crippen LogP contribution in [-0.2, 0) is 11.2 Å². The summed E-state index contributed by atoms with van der Waals surface area (Å²) in [5.41, 5.74) is 6.41. The summed E-state index contributed by atoms with van der Waals surface area (Å²) >= 11 is 0. The molecule has 1 aliphatic carbocycles. The molecule has 134 valence electrons. The van der Waals surface area contributed by atoms with Crippen LogP contribution < -0.4 is 10.1 Å². The number of ketones is 1. The molecule has 27 heavy (non-hydrogen) atoms. The maximum atomic E-state index is 12.2. The molecule has 0 atom stereocenters. The number of amides is 1. The first-order valence-corrected chi connectivity index (χ1v) is 8.85. The summed E-state index contributed by atoms with van der Waals surface area (Å²) in [6, 6.07) is 21.1. The van der Waals surface area contributed by atoms with E-state index in [9.17, 15) is 9.59 Å². The van der Waals surface area contributed by atoms with Crippen LogP contribution >= 0.6 is 0 Å². The smallest absolute Gasteiger partial charge is 0.262 e. The number of anilines is 1. The van der Waals surface area contributed by atoms with Crippen molar-refractivity contribution in [3.05, 3.63) is 83.4 Å². The molecule has 0 saturated heterocycles. The minimum absolute atomic E-state index is 0.00180. The van der Waals surface area contributed by atoms with Crippen LogP contribution in [0.25, 0.3) is 11.1 Å². The number of rotatable bonds is 5. The van der Waals surface area contributed by atoms with Crippen molar-refractivity contribution in [2.24, 2.45) is 0 Å². The maximum Gasteiger partial charge on any atom is 0.262 e. The average Bonchev–Trinajstić information content (AvgIpc) is 3.04. The predicted octanol–water partition coefficient (Wildman–Crippen LogP) is 4.48. The molecule has 0 unspecified atom stereocenters. The Morgan fingerprint density at radius 1 is 0.926 bits per heavy atom. The lowest BCUT2D eigenvalue weighted by Gasteiger charge is -2.09. The second-order valence-corrected chi connectivity index (χ2v) is 6.62. The quantitative estimate of drug-likeness (QED) is 0.536. The van der Waals surface area contributed by atoms with Crippen molar-refractivity contribution in [3.63, 3.8) is 0 Å². The van der Waals surface area contributed by atoms with Gasteiger partial charge in [-0.15, -0.1) is 0 Å². The van der Waals surface area contributed by atoms with Gasteiger partial charge in [0.25, 0.3) is 5.91 Å². The summed E-state index contributed by atoms with van der Waals surface area (Å²) in [6.07, 6.45) is 0.883. The van der Waals surface area contributed by atoms with E-state index in [1.807, 2.05) is 24.3 Å². The molecule has 0 fully saturated rings. The molecule has 1 N–H and O–H groups in total. The van der Waals surface area contributed by atoms with Gasteiger partial charge in [0.2, 0.25) is 0 Å². The lowest BCUT2D eigenvalue weighted by molar-refractivity contribution is -0.118. The maximum absolute atomic E-state index is 12.2. The van der Waals surface area contributed by atoms with Crippen molar-refractivity contribution in [2.45, 2.75) is 13.3 Å². The molecule has 4 nitrogen and oxygen atoms in total. The molecule has 0 radical (unpaired) electrons. The molecule has 4 heteroatoms. The SMILES string of the molecule is CC(=O)c1ccc(OCC(=O)Nc2ccc3c(c2)Cc2ccccc2-3)cc1. The van der Waals surface area contributed by atoms with Crippen molar-refractivity contribution in [3.8, 4) is 16.9 Å². The zero-order valence-electron chi connectivity index (χ0n) is 15.0. The van der Waals surface area contributed by atoms with E-state index in [2.05, 4.69) is 23.5 Å². The van der Waals surface area contributed by atoms with Gasteiger partial charge in [-0.1, -0.05) is 30.3 Å². The topological polar surface area (TPSA) is 55.4 Å². The molecule has 0 bridgehead atoms. The van der Waals surface area contributed by atoms with Gasteiger partial charge in [0.1, 0.15) is 5.75 Å². The fourth-order valence-electron chi connectivity index (χ4n) is 3.35. The van der Waals surface area contributed by atoms with Crippen LogP contribution in [0.2, 0.25) is 0 Å². The highest BCUT2D eigenvalue weighted by atomic mass is 16.5. The highest BCUT2D eigenvalue weighted by Crippen LogP contribution is 2.37. The molecule has 0 saturated carbocycles. The van der Waals surface area contributed by atoms with Gasteiger partial charge in [-0.3, -0.25) is 9.59 Å². The highest BCUT2D eigenvalue weighted by Gasteiger charge is 2.18. The van der Waals surface area contributed by atoms with Crippen molar-refractivity contribution < 1.29 is 14.3 Å². The Kier molecular flexibility index (Phi) is 4.47. The van der Waals surface area contributed by atoms with Gasteiger partial charge < -0.3 is 10.1 Å². The number of carbonyl (C=O) groups excluding carboxylic acids is 2. The molecule has 4 rings (SSSR count). The second kappa shape index (κ2) is 7.08. The minimum atomic E-state index is -0.221. The third-order valence-electron chi connectivity index (χ3n) is 4.71. The molecule has 1 amide bonds. The standard InChI is InChI=1S/C23H19NO3/c1-15(25)16-6-9-20(10-7-16)27-14-23(26)24-19-8-11-22-18(13-19)12-17-4-2-3-5-21(17)22/h2-11,13H,12,14H2,1H3,(H,24,26). The molecule has 3 aromatic carbocycles. The Morgan fingerprint density at radius 2 is 1.67 bits per heavy atom. The Balaban J connectivity index is 1.38. The predicted molar refractivity (Wildman–Crippen MR) is 105 cm³/mol. The van der Waals surface area contributed by atoms with Crippen molar-refractivity contribution in [1.29, 1.82) is 0 Å². The summed E-state index contributed by atoms with van der Waals surface area (Å²) in [4.78, 5) is 23.5. The normalized spacial score (nSPS) is 11.4. The molecule has 1 aliphatic rings. The summed E-state index contributed by atoms with van der Waals surface area (Å²) in [5.74, 6) is 0.332. The number of carbonyl (C=O) groups is 2. The Labute approximate surface area is 157 Å². The van der Waals surface area contributed by atoms with Crippen LogP contribution in [0.5, 0.6) is 5.75 Å². The van der Waals surface area contributed by atoms with E-state index in [1.165, 1.54) is 29.2 Å². The van der Waals surface area contributed by atoms with E-state index in [4.69, 9.17) is 4.74 Å². The van der Waals surface area contributed by atoms with Crippen LogP contribution in [0.1, 0.15) is 28.4 Å². The monoisotopic (exact) mass is 357 g/mol. The van der Waals surface area contributed by atoms with Crippen LogP contribution in [0, 0.1) is 0 Å². The number of hydrogen-bond acceptors (Lipinski definition) is 3.